The Morgan fingerprint density at radius 1 is 1.25 bits per heavy atom. The van der Waals surface area contributed by atoms with Crippen LogP contribution in [-0.4, -0.2) is 9.55 Å². The second kappa shape index (κ2) is 4.10. The summed E-state index contributed by atoms with van der Waals surface area (Å²) in [6.45, 7) is 6.72. The van der Waals surface area contributed by atoms with Crippen molar-refractivity contribution in [1.82, 2.24) is 9.55 Å². The minimum Gasteiger partial charge on any atom is -0.326 e. The molecule has 0 radical (unpaired) electrons. The third kappa shape index (κ3) is 1.74. The summed E-state index contributed by atoms with van der Waals surface area (Å²) in [6, 6.07) is 6.33. The number of rotatable bonds is 2. The van der Waals surface area contributed by atoms with Gasteiger partial charge in [0.15, 0.2) is 0 Å². The third-order valence-electron chi connectivity index (χ3n) is 2.97. The van der Waals surface area contributed by atoms with Crippen LogP contribution in [0.5, 0.6) is 0 Å². The van der Waals surface area contributed by atoms with Crippen LogP contribution in [0.3, 0.4) is 0 Å². The van der Waals surface area contributed by atoms with Crippen molar-refractivity contribution in [3.8, 4) is 5.69 Å². The molecule has 0 saturated heterocycles. The first kappa shape index (κ1) is 10.9. The van der Waals surface area contributed by atoms with E-state index in [1.165, 1.54) is 11.3 Å². The van der Waals surface area contributed by atoms with Crippen LogP contribution in [0, 0.1) is 20.8 Å². The maximum Gasteiger partial charge on any atom is 0.0997 e. The summed E-state index contributed by atoms with van der Waals surface area (Å²) in [4.78, 5) is 4.31. The van der Waals surface area contributed by atoms with Crippen molar-refractivity contribution >= 4 is 0 Å². The van der Waals surface area contributed by atoms with Gasteiger partial charge in [0.05, 0.1) is 17.7 Å². The summed E-state index contributed by atoms with van der Waals surface area (Å²) >= 11 is 0. The SMILES string of the molecule is Cc1ccc(-n2cnc(C)c2C)c(CN)c1. The molecule has 0 aliphatic rings. The summed E-state index contributed by atoms with van der Waals surface area (Å²) in [5, 5.41) is 0. The molecule has 0 amide bonds. The number of aromatic nitrogens is 2. The summed E-state index contributed by atoms with van der Waals surface area (Å²) in [7, 11) is 0. The van der Waals surface area contributed by atoms with Crippen molar-refractivity contribution < 1.29 is 0 Å². The van der Waals surface area contributed by atoms with Gasteiger partial charge < -0.3 is 10.3 Å². The van der Waals surface area contributed by atoms with Gasteiger partial charge in [0.2, 0.25) is 0 Å². The molecule has 2 N–H and O–H groups in total. The zero-order valence-corrected chi connectivity index (χ0v) is 9.99. The first-order valence-corrected chi connectivity index (χ1v) is 5.44. The van der Waals surface area contributed by atoms with Crippen LogP contribution in [0.15, 0.2) is 24.5 Å². The fourth-order valence-electron chi connectivity index (χ4n) is 1.85. The van der Waals surface area contributed by atoms with Crippen LogP contribution < -0.4 is 5.73 Å². The third-order valence-corrected chi connectivity index (χ3v) is 2.97. The number of aryl methyl sites for hydroxylation is 2. The first-order chi connectivity index (χ1) is 7.63. The number of hydrogen-bond acceptors (Lipinski definition) is 2. The molecule has 0 bridgehead atoms. The number of nitrogens with zero attached hydrogens (tertiary/aromatic N) is 2. The Balaban J connectivity index is 2.59. The van der Waals surface area contributed by atoms with E-state index in [1.54, 1.807) is 0 Å². The Morgan fingerprint density at radius 3 is 2.56 bits per heavy atom. The lowest BCUT2D eigenvalue weighted by Gasteiger charge is -2.11. The molecule has 0 aliphatic heterocycles. The van der Waals surface area contributed by atoms with Gasteiger partial charge in [0.25, 0.3) is 0 Å². The van der Waals surface area contributed by atoms with Gasteiger partial charge in [-0.05, 0) is 32.4 Å². The standard InChI is InChI=1S/C13H17N3/c1-9-4-5-13(12(6-9)7-14)16-8-15-10(2)11(16)3/h4-6,8H,7,14H2,1-3H3. The van der Waals surface area contributed by atoms with Gasteiger partial charge in [-0.3, -0.25) is 0 Å². The molecule has 84 valence electrons. The molecule has 1 aromatic heterocycles. The van der Waals surface area contributed by atoms with Crippen molar-refractivity contribution in [2.24, 2.45) is 5.73 Å². The minimum absolute atomic E-state index is 0.549. The summed E-state index contributed by atoms with van der Waals surface area (Å²) in [5.74, 6) is 0. The molecule has 2 rings (SSSR count). The highest BCUT2D eigenvalue weighted by Gasteiger charge is 2.08. The Kier molecular flexibility index (Phi) is 2.79. The van der Waals surface area contributed by atoms with Gasteiger partial charge in [-0.1, -0.05) is 17.7 Å². The zero-order valence-electron chi connectivity index (χ0n) is 9.99. The Labute approximate surface area is 95.9 Å². The van der Waals surface area contributed by atoms with E-state index in [9.17, 15) is 0 Å². The first-order valence-electron chi connectivity index (χ1n) is 5.44. The van der Waals surface area contributed by atoms with Crippen LogP contribution in [0.1, 0.15) is 22.5 Å². The minimum atomic E-state index is 0.549. The maximum absolute atomic E-state index is 5.78. The van der Waals surface area contributed by atoms with Crippen LogP contribution in [0.4, 0.5) is 0 Å². The molecular formula is C13H17N3. The van der Waals surface area contributed by atoms with E-state index < -0.39 is 0 Å². The lowest BCUT2D eigenvalue weighted by Crippen LogP contribution is -2.05. The lowest BCUT2D eigenvalue weighted by molar-refractivity contribution is 0.949. The van der Waals surface area contributed by atoms with Crippen molar-refractivity contribution in [3.63, 3.8) is 0 Å². The Bertz CT molecular complexity index is 512. The molecule has 0 unspecified atom stereocenters. The van der Waals surface area contributed by atoms with Crippen LogP contribution >= 0.6 is 0 Å². The van der Waals surface area contributed by atoms with E-state index in [1.807, 2.05) is 13.3 Å². The highest BCUT2D eigenvalue weighted by atomic mass is 15.1. The van der Waals surface area contributed by atoms with Crippen LogP contribution in [0.2, 0.25) is 0 Å². The number of nitrogens with two attached hydrogens (primary N) is 1. The summed E-state index contributed by atoms with van der Waals surface area (Å²) in [5.41, 5.74) is 11.5. The highest BCUT2D eigenvalue weighted by molar-refractivity contribution is 5.45. The molecule has 1 aromatic carbocycles. The van der Waals surface area contributed by atoms with Crippen molar-refractivity contribution in [2.45, 2.75) is 27.3 Å². The smallest absolute Gasteiger partial charge is 0.0997 e. The van der Waals surface area contributed by atoms with Crippen molar-refractivity contribution in [2.75, 3.05) is 0 Å². The second-order valence-electron chi connectivity index (χ2n) is 4.12. The second-order valence-corrected chi connectivity index (χ2v) is 4.12. The number of imidazole rings is 1. The maximum atomic E-state index is 5.78. The molecule has 3 nitrogen and oxygen atoms in total. The average Bonchev–Trinajstić information content (AvgIpc) is 2.60. The van der Waals surface area contributed by atoms with Crippen LogP contribution in [0.25, 0.3) is 5.69 Å². The van der Waals surface area contributed by atoms with Gasteiger partial charge >= 0.3 is 0 Å². The van der Waals surface area contributed by atoms with Crippen LogP contribution in [-0.2, 0) is 6.54 Å². The van der Waals surface area contributed by atoms with E-state index in [4.69, 9.17) is 5.73 Å². The van der Waals surface area contributed by atoms with Gasteiger partial charge in [0, 0.05) is 12.2 Å². The molecule has 0 aliphatic carbocycles. The molecule has 2 aromatic rings. The Morgan fingerprint density at radius 2 is 2.00 bits per heavy atom. The molecule has 16 heavy (non-hydrogen) atoms. The van der Waals surface area contributed by atoms with Crippen molar-refractivity contribution in [3.05, 3.63) is 47.0 Å². The molecule has 0 saturated carbocycles. The number of hydrogen-bond donors (Lipinski definition) is 1. The van der Waals surface area contributed by atoms with E-state index >= 15 is 0 Å². The van der Waals surface area contributed by atoms with E-state index in [0.717, 1.165) is 16.9 Å². The van der Waals surface area contributed by atoms with Gasteiger partial charge in [-0.15, -0.1) is 0 Å². The molecule has 3 heteroatoms. The topological polar surface area (TPSA) is 43.8 Å². The quantitative estimate of drug-likeness (QED) is 0.835. The lowest BCUT2D eigenvalue weighted by atomic mass is 10.1. The number of benzene rings is 1. The predicted molar refractivity (Wildman–Crippen MR) is 65.7 cm³/mol. The highest BCUT2D eigenvalue weighted by Crippen LogP contribution is 2.19. The molecule has 0 atom stereocenters. The van der Waals surface area contributed by atoms with Gasteiger partial charge in [-0.2, -0.15) is 0 Å². The normalized spacial score (nSPS) is 10.8. The van der Waals surface area contributed by atoms with E-state index in [-0.39, 0.29) is 0 Å². The van der Waals surface area contributed by atoms with Gasteiger partial charge in [-0.25, -0.2) is 4.98 Å². The fraction of sp³-hybridized carbons (Fsp3) is 0.308. The predicted octanol–water partition coefficient (Wildman–Crippen LogP) is 2.26. The van der Waals surface area contributed by atoms with E-state index in [0.29, 0.717) is 6.54 Å². The molecular weight excluding hydrogens is 198 g/mol. The average molecular weight is 215 g/mol. The zero-order chi connectivity index (χ0) is 11.7. The largest absolute Gasteiger partial charge is 0.326 e. The fourth-order valence-corrected chi connectivity index (χ4v) is 1.85. The molecule has 0 spiro atoms. The molecule has 1 heterocycles. The van der Waals surface area contributed by atoms with E-state index in [2.05, 4.69) is 41.6 Å². The van der Waals surface area contributed by atoms with Gasteiger partial charge in [0.1, 0.15) is 0 Å². The summed E-state index contributed by atoms with van der Waals surface area (Å²) < 4.78 is 2.09. The van der Waals surface area contributed by atoms with Crippen molar-refractivity contribution in [1.29, 1.82) is 0 Å². The summed E-state index contributed by atoms with van der Waals surface area (Å²) in [6.07, 6.45) is 1.86. The Hall–Kier alpha value is -1.61. The molecule has 0 fully saturated rings. The monoisotopic (exact) mass is 215 g/mol.